The molecule has 8 nitrogen and oxygen atoms in total. The Bertz CT molecular complexity index is 1140. The Balaban J connectivity index is 1.33. The molecule has 2 heterocycles. The highest BCUT2D eigenvalue weighted by atomic mass is 16.6. The Hall–Kier alpha value is -3.81. The van der Waals surface area contributed by atoms with Crippen LogP contribution in [-0.4, -0.2) is 36.1 Å². The lowest BCUT2D eigenvalue weighted by Gasteiger charge is -2.19. The normalized spacial score (nSPS) is 12.4. The number of carbonyl (C=O) groups is 2. The topological polar surface area (TPSA) is 98.7 Å². The van der Waals surface area contributed by atoms with Crippen LogP contribution in [0.1, 0.15) is 0 Å². The molecule has 29 heavy (non-hydrogen) atoms. The zero-order valence-corrected chi connectivity index (χ0v) is 15.5. The van der Waals surface area contributed by atoms with Crippen LogP contribution in [-0.2, 0) is 16.1 Å². The highest BCUT2D eigenvalue weighted by Crippen LogP contribution is 2.32. The maximum atomic E-state index is 12.4. The van der Waals surface area contributed by atoms with Gasteiger partial charge in [0, 0.05) is 23.3 Å². The Labute approximate surface area is 166 Å². The van der Waals surface area contributed by atoms with E-state index in [0.29, 0.717) is 35.8 Å². The van der Waals surface area contributed by atoms with Crippen LogP contribution in [0.2, 0.25) is 0 Å². The largest absolute Gasteiger partial charge is 0.486 e. The number of anilines is 1. The summed E-state index contributed by atoms with van der Waals surface area (Å²) in [5.41, 5.74) is 0.290. The monoisotopic (exact) mass is 393 g/mol. The molecule has 2 aromatic carbocycles. The van der Waals surface area contributed by atoms with Crippen molar-refractivity contribution in [2.24, 2.45) is 0 Å². The van der Waals surface area contributed by atoms with Crippen molar-refractivity contribution in [2.75, 3.05) is 25.1 Å². The Kier molecular flexibility index (Phi) is 5.15. The lowest BCUT2D eigenvalue weighted by atomic mass is 10.2. The number of carbonyl (C=O) groups excluding carboxylic acids is 2. The predicted molar refractivity (Wildman–Crippen MR) is 107 cm³/mol. The van der Waals surface area contributed by atoms with E-state index in [2.05, 4.69) is 10.6 Å². The van der Waals surface area contributed by atoms with Gasteiger partial charge in [0.2, 0.25) is 11.8 Å². The number of fused-ring (bicyclic) bond motifs is 2. The lowest BCUT2D eigenvalue weighted by Crippen LogP contribution is -2.37. The number of benzene rings is 2. The molecule has 148 valence electrons. The second-order valence-corrected chi connectivity index (χ2v) is 6.52. The molecule has 0 fully saturated rings. The molecular weight excluding hydrogens is 374 g/mol. The summed E-state index contributed by atoms with van der Waals surface area (Å²) in [6, 6.07) is 14.0. The van der Waals surface area contributed by atoms with Crippen LogP contribution in [0.25, 0.3) is 10.8 Å². The summed E-state index contributed by atoms with van der Waals surface area (Å²) in [6.07, 6.45) is 1.57. The van der Waals surface area contributed by atoms with Gasteiger partial charge in [-0.2, -0.15) is 0 Å². The minimum atomic E-state index is -0.431. The summed E-state index contributed by atoms with van der Waals surface area (Å²) < 4.78 is 12.2. The zero-order chi connectivity index (χ0) is 20.2. The summed E-state index contributed by atoms with van der Waals surface area (Å²) in [5.74, 6) is 0.373. The molecule has 0 atom stereocenters. The van der Waals surface area contributed by atoms with E-state index in [4.69, 9.17) is 9.47 Å². The minimum absolute atomic E-state index is 0.166. The second kappa shape index (κ2) is 8.05. The molecule has 2 N–H and O–H groups in total. The van der Waals surface area contributed by atoms with Crippen molar-refractivity contribution in [1.82, 2.24) is 9.88 Å². The summed E-state index contributed by atoms with van der Waals surface area (Å²) in [6.45, 7) is 0.566. The maximum absolute atomic E-state index is 12.4. The van der Waals surface area contributed by atoms with Crippen molar-refractivity contribution in [3.8, 4) is 11.5 Å². The van der Waals surface area contributed by atoms with Crippen LogP contribution in [0, 0.1) is 0 Å². The fourth-order valence-corrected chi connectivity index (χ4v) is 3.07. The van der Waals surface area contributed by atoms with Gasteiger partial charge in [0.25, 0.3) is 5.56 Å². The SMILES string of the molecule is O=C(Cn1ccc2ccccc2c1=O)NCC(=O)Nc1ccc2c(c1)OCCO2. The van der Waals surface area contributed by atoms with Gasteiger partial charge in [-0.1, -0.05) is 18.2 Å². The number of hydrogen-bond donors (Lipinski definition) is 2. The number of pyridine rings is 1. The standard InChI is InChI=1S/C21H19N3O5/c25-19(23-15-5-6-17-18(11-15)29-10-9-28-17)12-22-20(26)13-24-8-7-14-3-1-2-4-16(14)21(24)27/h1-8,11H,9-10,12-13H2,(H,22,26)(H,23,25). The average Bonchev–Trinajstić information content (AvgIpc) is 2.74. The van der Waals surface area contributed by atoms with Crippen molar-refractivity contribution in [3.63, 3.8) is 0 Å². The third-order valence-electron chi connectivity index (χ3n) is 4.47. The van der Waals surface area contributed by atoms with Crippen molar-refractivity contribution >= 4 is 28.3 Å². The van der Waals surface area contributed by atoms with Gasteiger partial charge in [-0.15, -0.1) is 0 Å². The Morgan fingerprint density at radius 2 is 1.76 bits per heavy atom. The first-order valence-corrected chi connectivity index (χ1v) is 9.14. The van der Waals surface area contributed by atoms with Gasteiger partial charge < -0.3 is 24.7 Å². The number of ether oxygens (including phenoxy) is 2. The quantitative estimate of drug-likeness (QED) is 0.685. The molecule has 1 aromatic heterocycles. The van der Waals surface area contributed by atoms with Crippen molar-refractivity contribution in [2.45, 2.75) is 6.54 Å². The molecule has 1 aliphatic rings. The van der Waals surface area contributed by atoms with Crippen molar-refractivity contribution < 1.29 is 19.1 Å². The van der Waals surface area contributed by atoms with Gasteiger partial charge in [-0.3, -0.25) is 14.4 Å². The number of amides is 2. The van der Waals surface area contributed by atoms with Crippen molar-refractivity contribution in [1.29, 1.82) is 0 Å². The molecule has 3 aromatic rings. The molecule has 0 radical (unpaired) electrons. The van der Waals surface area contributed by atoms with Crippen LogP contribution in [0.4, 0.5) is 5.69 Å². The molecule has 0 unspecified atom stereocenters. The van der Waals surface area contributed by atoms with Crippen LogP contribution in [0.15, 0.2) is 59.5 Å². The first-order chi connectivity index (χ1) is 14.1. The zero-order valence-electron chi connectivity index (χ0n) is 15.5. The summed E-state index contributed by atoms with van der Waals surface area (Å²) >= 11 is 0. The number of nitrogens with zero attached hydrogens (tertiary/aromatic N) is 1. The smallest absolute Gasteiger partial charge is 0.258 e. The fourth-order valence-electron chi connectivity index (χ4n) is 3.07. The third-order valence-corrected chi connectivity index (χ3v) is 4.47. The highest BCUT2D eigenvalue weighted by Gasteiger charge is 2.13. The number of hydrogen-bond acceptors (Lipinski definition) is 5. The van der Waals surface area contributed by atoms with Gasteiger partial charge in [-0.05, 0) is 29.7 Å². The molecule has 0 bridgehead atoms. The van der Waals surface area contributed by atoms with Gasteiger partial charge in [0.1, 0.15) is 19.8 Å². The predicted octanol–water partition coefficient (Wildman–Crippen LogP) is 1.53. The lowest BCUT2D eigenvalue weighted by molar-refractivity contribution is -0.124. The molecule has 2 amide bonds. The van der Waals surface area contributed by atoms with Crippen LogP contribution in [0.3, 0.4) is 0 Å². The Morgan fingerprint density at radius 3 is 2.62 bits per heavy atom. The Morgan fingerprint density at radius 1 is 0.966 bits per heavy atom. The van der Waals surface area contributed by atoms with E-state index < -0.39 is 5.91 Å². The summed E-state index contributed by atoms with van der Waals surface area (Å²) in [4.78, 5) is 36.7. The van der Waals surface area contributed by atoms with E-state index >= 15 is 0 Å². The first-order valence-electron chi connectivity index (χ1n) is 9.14. The van der Waals surface area contributed by atoms with E-state index in [-0.39, 0.29) is 24.6 Å². The van der Waals surface area contributed by atoms with E-state index in [1.807, 2.05) is 12.1 Å². The van der Waals surface area contributed by atoms with E-state index in [0.717, 1.165) is 5.39 Å². The van der Waals surface area contributed by atoms with Gasteiger partial charge >= 0.3 is 0 Å². The fraction of sp³-hybridized carbons (Fsp3) is 0.190. The van der Waals surface area contributed by atoms with Gasteiger partial charge in [0.15, 0.2) is 11.5 Å². The van der Waals surface area contributed by atoms with Crippen molar-refractivity contribution in [3.05, 3.63) is 65.1 Å². The molecular formula is C21H19N3O5. The average molecular weight is 393 g/mol. The molecule has 0 saturated heterocycles. The highest BCUT2D eigenvalue weighted by molar-refractivity contribution is 5.94. The summed E-state index contributed by atoms with van der Waals surface area (Å²) in [7, 11) is 0. The van der Waals surface area contributed by atoms with Crippen LogP contribution >= 0.6 is 0 Å². The van der Waals surface area contributed by atoms with Gasteiger partial charge in [0.05, 0.1) is 6.54 Å². The molecule has 4 rings (SSSR count). The first kappa shape index (κ1) is 18.5. The number of rotatable bonds is 5. The van der Waals surface area contributed by atoms with Crippen LogP contribution < -0.4 is 25.7 Å². The molecule has 0 spiro atoms. The maximum Gasteiger partial charge on any atom is 0.258 e. The molecule has 0 saturated carbocycles. The van der Waals surface area contributed by atoms with E-state index in [1.165, 1.54) is 4.57 Å². The van der Waals surface area contributed by atoms with E-state index in [9.17, 15) is 14.4 Å². The van der Waals surface area contributed by atoms with Crippen LogP contribution in [0.5, 0.6) is 11.5 Å². The van der Waals surface area contributed by atoms with Gasteiger partial charge in [-0.25, -0.2) is 0 Å². The number of aromatic nitrogens is 1. The second-order valence-electron chi connectivity index (χ2n) is 6.52. The number of nitrogens with one attached hydrogen (secondary N) is 2. The molecule has 0 aliphatic carbocycles. The minimum Gasteiger partial charge on any atom is -0.486 e. The molecule has 8 heteroatoms. The van der Waals surface area contributed by atoms with E-state index in [1.54, 1.807) is 42.6 Å². The molecule has 1 aliphatic heterocycles. The third kappa shape index (κ3) is 4.21. The summed E-state index contributed by atoms with van der Waals surface area (Å²) in [5, 5.41) is 6.57.